The van der Waals surface area contributed by atoms with Crippen molar-refractivity contribution in [3.05, 3.63) is 30.3 Å². The number of nitrogen functional groups attached to an aromatic ring is 1. The molecule has 0 amide bonds. The van der Waals surface area contributed by atoms with E-state index >= 15 is 0 Å². The SMILES string of the molecule is Nc1cccc2ccc3c(c12)OCO3. The van der Waals surface area contributed by atoms with Gasteiger partial charge in [0.2, 0.25) is 6.79 Å². The average molecular weight is 187 g/mol. The van der Waals surface area contributed by atoms with Gasteiger partial charge in [-0.3, -0.25) is 0 Å². The number of fused-ring (bicyclic) bond motifs is 3. The fourth-order valence-electron chi connectivity index (χ4n) is 1.76. The van der Waals surface area contributed by atoms with E-state index in [4.69, 9.17) is 15.2 Å². The Hall–Kier alpha value is -1.90. The third-order valence-corrected chi connectivity index (χ3v) is 2.41. The van der Waals surface area contributed by atoms with E-state index in [2.05, 4.69) is 0 Å². The summed E-state index contributed by atoms with van der Waals surface area (Å²) in [6.45, 7) is 0.281. The summed E-state index contributed by atoms with van der Waals surface area (Å²) in [5, 5.41) is 2.02. The van der Waals surface area contributed by atoms with E-state index < -0.39 is 0 Å². The van der Waals surface area contributed by atoms with Crippen molar-refractivity contribution in [3.8, 4) is 11.5 Å². The van der Waals surface area contributed by atoms with Crippen molar-refractivity contribution in [3.63, 3.8) is 0 Å². The molecular weight excluding hydrogens is 178 g/mol. The summed E-state index contributed by atoms with van der Waals surface area (Å²) in [5.74, 6) is 1.54. The van der Waals surface area contributed by atoms with Crippen LogP contribution in [-0.4, -0.2) is 6.79 Å². The number of benzene rings is 2. The van der Waals surface area contributed by atoms with E-state index in [1.54, 1.807) is 0 Å². The molecule has 2 aromatic carbocycles. The van der Waals surface area contributed by atoms with Crippen LogP contribution in [0.2, 0.25) is 0 Å². The van der Waals surface area contributed by atoms with Crippen LogP contribution in [0.15, 0.2) is 30.3 Å². The second kappa shape index (κ2) is 2.54. The first-order valence-corrected chi connectivity index (χ1v) is 4.43. The van der Waals surface area contributed by atoms with Crippen LogP contribution in [0.3, 0.4) is 0 Å². The fraction of sp³-hybridized carbons (Fsp3) is 0.0909. The molecule has 0 aliphatic carbocycles. The maximum absolute atomic E-state index is 5.89. The van der Waals surface area contributed by atoms with E-state index in [1.807, 2.05) is 30.3 Å². The Labute approximate surface area is 81.0 Å². The predicted molar refractivity (Wildman–Crippen MR) is 54.5 cm³/mol. The molecule has 3 nitrogen and oxygen atoms in total. The summed E-state index contributed by atoms with van der Waals surface area (Å²) in [6.07, 6.45) is 0. The first kappa shape index (κ1) is 7.50. The summed E-state index contributed by atoms with van der Waals surface area (Å²) in [6, 6.07) is 9.70. The highest BCUT2D eigenvalue weighted by molar-refractivity contribution is 5.99. The molecule has 0 atom stereocenters. The lowest BCUT2D eigenvalue weighted by atomic mass is 10.1. The molecule has 2 N–H and O–H groups in total. The minimum absolute atomic E-state index is 0.281. The van der Waals surface area contributed by atoms with Gasteiger partial charge in [0.05, 0.1) is 5.39 Å². The third kappa shape index (κ3) is 0.865. The van der Waals surface area contributed by atoms with Crippen molar-refractivity contribution >= 4 is 16.5 Å². The van der Waals surface area contributed by atoms with Crippen LogP contribution in [0.5, 0.6) is 11.5 Å². The molecule has 0 spiro atoms. The molecule has 3 heteroatoms. The minimum Gasteiger partial charge on any atom is -0.454 e. The summed E-state index contributed by atoms with van der Waals surface area (Å²) in [4.78, 5) is 0. The van der Waals surface area contributed by atoms with Crippen LogP contribution < -0.4 is 15.2 Å². The van der Waals surface area contributed by atoms with E-state index in [0.29, 0.717) is 0 Å². The maximum atomic E-state index is 5.89. The van der Waals surface area contributed by atoms with Crippen LogP contribution in [0, 0.1) is 0 Å². The molecule has 3 rings (SSSR count). The highest BCUT2D eigenvalue weighted by Gasteiger charge is 2.17. The Morgan fingerprint density at radius 1 is 1.07 bits per heavy atom. The van der Waals surface area contributed by atoms with Crippen molar-refractivity contribution < 1.29 is 9.47 Å². The van der Waals surface area contributed by atoms with Gasteiger partial charge in [-0.1, -0.05) is 18.2 Å². The standard InChI is InChI=1S/C11H9NO2/c12-8-3-1-2-7-4-5-9-11(10(7)8)14-6-13-9/h1-5H,6,12H2. The van der Waals surface area contributed by atoms with Crippen LogP contribution in [0.4, 0.5) is 5.69 Å². The van der Waals surface area contributed by atoms with Crippen molar-refractivity contribution in [2.75, 3.05) is 12.5 Å². The lowest BCUT2D eigenvalue weighted by Crippen LogP contribution is -1.93. The first-order chi connectivity index (χ1) is 6.86. The number of hydrogen-bond donors (Lipinski definition) is 1. The quantitative estimate of drug-likeness (QED) is 0.643. The molecule has 0 aromatic heterocycles. The molecule has 0 bridgehead atoms. The van der Waals surface area contributed by atoms with Gasteiger partial charge in [-0.05, 0) is 17.5 Å². The van der Waals surface area contributed by atoms with Gasteiger partial charge >= 0.3 is 0 Å². The van der Waals surface area contributed by atoms with Gasteiger partial charge in [-0.15, -0.1) is 0 Å². The van der Waals surface area contributed by atoms with Gasteiger partial charge in [0, 0.05) is 5.69 Å². The topological polar surface area (TPSA) is 44.5 Å². The van der Waals surface area contributed by atoms with Gasteiger partial charge in [0.15, 0.2) is 11.5 Å². The van der Waals surface area contributed by atoms with E-state index in [-0.39, 0.29) is 6.79 Å². The first-order valence-electron chi connectivity index (χ1n) is 4.43. The third-order valence-electron chi connectivity index (χ3n) is 2.41. The number of anilines is 1. The molecule has 0 fully saturated rings. The van der Waals surface area contributed by atoms with Crippen LogP contribution >= 0.6 is 0 Å². The van der Waals surface area contributed by atoms with Crippen LogP contribution in [-0.2, 0) is 0 Å². The van der Waals surface area contributed by atoms with E-state index in [0.717, 1.165) is 28.0 Å². The van der Waals surface area contributed by atoms with E-state index in [9.17, 15) is 0 Å². The summed E-state index contributed by atoms with van der Waals surface area (Å²) in [7, 11) is 0. The summed E-state index contributed by atoms with van der Waals surface area (Å²) >= 11 is 0. The largest absolute Gasteiger partial charge is 0.454 e. The number of rotatable bonds is 0. The molecule has 1 aliphatic heterocycles. The van der Waals surface area contributed by atoms with Crippen LogP contribution in [0.1, 0.15) is 0 Å². The summed E-state index contributed by atoms with van der Waals surface area (Å²) in [5.41, 5.74) is 6.62. The van der Waals surface area contributed by atoms with Gasteiger partial charge in [-0.25, -0.2) is 0 Å². The molecule has 70 valence electrons. The smallest absolute Gasteiger partial charge is 0.231 e. The van der Waals surface area contributed by atoms with Crippen molar-refractivity contribution in [1.82, 2.24) is 0 Å². The molecule has 0 saturated carbocycles. The second-order valence-electron chi connectivity index (χ2n) is 3.24. The van der Waals surface area contributed by atoms with Crippen molar-refractivity contribution in [2.45, 2.75) is 0 Å². The molecule has 2 aromatic rings. The predicted octanol–water partition coefficient (Wildman–Crippen LogP) is 2.15. The molecule has 1 heterocycles. The molecule has 1 aliphatic rings. The van der Waals surface area contributed by atoms with Crippen molar-refractivity contribution in [1.29, 1.82) is 0 Å². The van der Waals surface area contributed by atoms with E-state index in [1.165, 1.54) is 0 Å². The number of hydrogen-bond acceptors (Lipinski definition) is 3. The lowest BCUT2D eigenvalue weighted by Gasteiger charge is -2.04. The zero-order valence-electron chi connectivity index (χ0n) is 7.49. The number of nitrogens with two attached hydrogens (primary N) is 1. The van der Waals surface area contributed by atoms with Gasteiger partial charge < -0.3 is 15.2 Å². The molecule has 14 heavy (non-hydrogen) atoms. The maximum Gasteiger partial charge on any atom is 0.231 e. The molecule has 0 radical (unpaired) electrons. The van der Waals surface area contributed by atoms with Gasteiger partial charge in [-0.2, -0.15) is 0 Å². The fourth-order valence-corrected chi connectivity index (χ4v) is 1.76. The number of ether oxygens (including phenoxy) is 2. The Morgan fingerprint density at radius 2 is 2.00 bits per heavy atom. The van der Waals surface area contributed by atoms with Gasteiger partial charge in [0.25, 0.3) is 0 Å². The van der Waals surface area contributed by atoms with Crippen LogP contribution in [0.25, 0.3) is 10.8 Å². The Bertz CT molecular complexity index is 508. The van der Waals surface area contributed by atoms with Crippen molar-refractivity contribution in [2.24, 2.45) is 0 Å². The minimum atomic E-state index is 0.281. The normalized spacial score (nSPS) is 13.4. The molecule has 0 unspecified atom stereocenters. The average Bonchev–Trinajstić information content (AvgIpc) is 2.65. The Morgan fingerprint density at radius 3 is 2.93 bits per heavy atom. The monoisotopic (exact) mass is 187 g/mol. The highest BCUT2D eigenvalue weighted by Crippen LogP contribution is 2.41. The molecular formula is C11H9NO2. The lowest BCUT2D eigenvalue weighted by molar-refractivity contribution is 0.175. The zero-order valence-corrected chi connectivity index (χ0v) is 7.49. The molecule has 0 saturated heterocycles. The van der Waals surface area contributed by atoms with Gasteiger partial charge in [0.1, 0.15) is 0 Å². The Balaban J connectivity index is 2.47. The highest BCUT2D eigenvalue weighted by atomic mass is 16.7. The second-order valence-corrected chi connectivity index (χ2v) is 3.24. The Kier molecular flexibility index (Phi) is 1.36. The zero-order chi connectivity index (χ0) is 9.54. The summed E-state index contributed by atoms with van der Waals surface area (Å²) < 4.78 is 10.7.